The van der Waals surface area contributed by atoms with Gasteiger partial charge in [-0.25, -0.2) is 8.42 Å². The Morgan fingerprint density at radius 1 is 1.45 bits per heavy atom. The van der Waals surface area contributed by atoms with E-state index in [1.165, 1.54) is 7.11 Å². The maximum atomic E-state index is 11.8. The lowest BCUT2D eigenvalue weighted by molar-refractivity contribution is -0.117. The number of hydrogen-bond donors (Lipinski definition) is 1. The number of amides is 1. The van der Waals surface area contributed by atoms with Gasteiger partial charge in [-0.1, -0.05) is 15.9 Å². The number of methoxy groups -OCH3 is 1. The number of anilines is 2. The van der Waals surface area contributed by atoms with Gasteiger partial charge in [0.05, 0.1) is 18.5 Å². The van der Waals surface area contributed by atoms with E-state index in [4.69, 9.17) is 4.74 Å². The van der Waals surface area contributed by atoms with E-state index in [0.29, 0.717) is 30.1 Å². The summed E-state index contributed by atoms with van der Waals surface area (Å²) in [4.78, 5) is 13.4. The second-order valence-electron chi connectivity index (χ2n) is 4.36. The van der Waals surface area contributed by atoms with Gasteiger partial charge in [0.25, 0.3) is 0 Å². The summed E-state index contributed by atoms with van der Waals surface area (Å²) in [6.07, 6.45) is 1.29. The molecule has 2 rings (SSSR count). The number of rotatable bonds is 5. The minimum absolute atomic E-state index is 0.0174. The summed E-state index contributed by atoms with van der Waals surface area (Å²) in [5.41, 5.74) is 0.990. The number of carbonyl (C=O) groups excluding carboxylic acids is 1. The number of benzene rings is 1. The number of ether oxygens (including phenoxy) is 1. The molecule has 1 saturated heterocycles. The van der Waals surface area contributed by atoms with Crippen LogP contribution in [0.2, 0.25) is 0 Å². The smallest absolute Gasteiger partial charge is 0.242 e. The third-order valence-electron chi connectivity index (χ3n) is 2.96. The predicted molar refractivity (Wildman–Crippen MR) is 80.9 cm³/mol. The van der Waals surface area contributed by atoms with Crippen molar-refractivity contribution in [1.82, 2.24) is 0 Å². The van der Waals surface area contributed by atoms with E-state index in [1.807, 2.05) is 0 Å². The zero-order chi connectivity index (χ0) is 14.8. The SMILES string of the molecule is COc1ccc(NS(=O)(=O)CBr)cc1N1CCCC1=O. The minimum atomic E-state index is -3.42. The predicted octanol–water partition coefficient (Wildman–Crippen LogP) is 1.92. The number of sulfonamides is 1. The van der Waals surface area contributed by atoms with Crippen LogP contribution in [-0.4, -0.2) is 32.6 Å². The Kier molecular flexibility index (Phi) is 4.54. The molecular formula is C12H15BrN2O4S. The van der Waals surface area contributed by atoms with Crippen LogP contribution in [0.4, 0.5) is 11.4 Å². The fraction of sp³-hybridized carbons (Fsp3) is 0.417. The first-order valence-electron chi connectivity index (χ1n) is 6.01. The normalized spacial score (nSPS) is 15.5. The van der Waals surface area contributed by atoms with Gasteiger partial charge in [-0.05, 0) is 24.6 Å². The highest BCUT2D eigenvalue weighted by Gasteiger charge is 2.25. The molecule has 1 aromatic rings. The maximum absolute atomic E-state index is 11.8. The first kappa shape index (κ1) is 15.1. The number of hydrogen-bond acceptors (Lipinski definition) is 4. The molecule has 0 radical (unpaired) electrons. The van der Waals surface area contributed by atoms with Crippen LogP contribution >= 0.6 is 15.9 Å². The van der Waals surface area contributed by atoms with Gasteiger partial charge in [0.2, 0.25) is 15.9 Å². The first-order valence-corrected chi connectivity index (χ1v) is 8.79. The summed E-state index contributed by atoms with van der Waals surface area (Å²) in [6.45, 7) is 0.615. The molecule has 0 unspecified atom stereocenters. The summed E-state index contributed by atoms with van der Waals surface area (Å²) in [5.74, 6) is 0.561. The van der Waals surface area contributed by atoms with Crippen LogP contribution in [-0.2, 0) is 14.8 Å². The minimum Gasteiger partial charge on any atom is -0.495 e. The van der Waals surface area contributed by atoms with Crippen LogP contribution in [0.1, 0.15) is 12.8 Å². The van der Waals surface area contributed by atoms with Crippen molar-refractivity contribution < 1.29 is 17.9 Å². The lowest BCUT2D eigenvalue weighted by atomic mass is 10.2. The summed E-state index contributed by atoms with van der Waals surface area (Å²) >= 11 is 2.91. The molecule has 0 spiro atoms. The average Bonchev–Trinajstić information content (AvgIpc) is 2.84. The van der Waals surface area contributed by atoms with Crippen molar-refractivity contribution in [1.29, 1.82) is 0 Å². The number of nitrogens with zero attached hydrogens (tertiary/aromatic N) is 1. The van der Waals surface area contributed by atoms with Gasteiger partial charge in [-0.3, -0.25) is 9.52 Å². The topological polar surface area (TPSA) is 75.7 Å². The molecule has 0 aliphatic carbocycles. The summed E-state index contributed by atoms with van der Waals surface area (Å²) in [5, 5.41) is 0. The molecule has 1 aliphatic heterocycles. The van der Waals surface area contributed by atoms with E-state index >= 15 is 0 Å². The molecule has 1 amide bonds. The van der Waals surface area contributed by atoms with E-state index in [2.05, 4.69) is 20.7 Å². The quantitative estimate of drug-likeness (QED) is 0.811. The van der Waals surface area contributed by atoms with E-state index in [1.54, 1.807) is 23.1 Å². The molecule has 0 atom stereocenters. The van der Waals surface area contributed by atoms with E-state index in [0.717, 1.165) is 6.42 Å². The van der Waals surface area contributed by atoms with Gasteiger partial charge in [0.1, 0.15) is 10.4 Å². The Hall–Kier alpha value is -1.28. The molecule has 6 nitrogen and oxygen atoms in total. The fourth-order valence-electron chi connectivity index (χ4n) is 2.07. The van der Waals surface area contributed by atoms with Gasteiger partial charge in [0.15, 0.2) is 0 Å². The average molecular weight is 363 g/mol. The van der Waals surface area contributed by atoms with Crippen LogP contribution in [0.3, 0.4) is 0 Å². The van der Waals surface area contributed by atoms with Crippen molar-refractivity contribution in [3.63, 3.8) is 0 Å². The molecule has 20 heavy (non-hydrogen) atoms. The molecule has 1 fully saturated rings. The molecule has 1 aliphatic rings. The second-order valence-corrected chi connectivity index (χ2v) is 7.39. The standard InChI is InChI=1S/C12H15BrN2O4S/c1-19-11-5-4-9(14-20(17,18)8-13)7-10(11)15-6-2-3-12(15)16/h4-5,7,14H,2-3,6,8H2,1H3. The lowest BCUT2D eigenvalue weighted by Gasteiger charge is -2.20. The monoisotopic (exact) mass is 362 g/mol. The highest BCUT2D eigenvalue weighted by Crippen LogP contribution is 2.34. The molecule has 0 saturated carbocycles. The zero-order valence-corrected chi connectivity index (χ0v) is 13.3. The Balaban J connectivity index is 2.36. The van der Waals surface area contributed by atoms with Crippen molar-refractivity contribution in [2.45, 2.75) is 12.8 Å². The van der Waals surface area contributed by atoms with E-state index < -0.39 is 10.0 Å². The van der Waals surface area contributed by atoms with E-state index in [-0.39, 0.29) is 10.6 Å². The van der Waals surface area contributed by atoms with Gasteiger partial charge < -0.3 is 9.64 Å². The molecule has 0 aromatic heterocycles. The van der Waals surface area contributed by atoms with Gasteiger partial charge in [0, 0.05) is 13.0 Å². The Labute approximate surface area is 126 Å². The Morgan fingerprint density at radius 2 is 2.20 bits per heavy atom. The van der Waals surface area contributed by atoms with Gasteiger partial charge in [-0.2, -0.15) is 0 Å². The Bertz CT molecular complexity index is 618. The van der Waals surface area contributed by atoms with Crippen LogP contribution in [0.25, 0.3) is 0 Å². The van der Waals surface area contributed by atoms with Crippen molar-refractivity contribution in [3.05, 3.63) is 18.2 Å². The Morgan fingerprint density at radius 3 is 2.75 bits per heavy atom. The molecule has 1 N–H and O–H groups in total. The van der Waals surface area contributed by atoms with Crippen molar-refractivity contribution in [2.24, 2.45) is 0 Å². The largest absolute Gasteiger partial charge is 0.495 e. The fourth-order valence-corrected chi connectivity index (χ4v) is 2.96. The number of alkyl halides is 1. The first-order chi connectivity index (χ1) is 9.46. The third kappa shape index (κ3) is 3.24. The van der Waals surface area contributed by atoms with Crippen molar-refractivity contribution in [3.8, 4) is 5.75 Å². The van der Waals surface area contributed by atoms with E-state index in [9.17, 15) is 13.2 Å². The van der Waals surface area contributed by atoms with Crippen molar-refractivity contribution in [2.75, 3.05) is 27.9 Å². The molecule has 1 aromatic carbocycles. The van der Waals surface area contributed by atoms with Crippen molar-refractivity contribution >= 4 is 43.2 Å². The molecule has 0 bridgehead atoms. The summed E-state index contributed by atoms with van der Waals surface area (Å²) < 4.78 is 30.6. The second kappa shape index (κ2) is 6.01. The molecule has 1 heterocycles. The lowest BCUT2D eigenvalue weighted by Crippen LogP contribution is -2.24. The molecule has 8 heteroatoms. The maximum Gasteiger partial charge on any atom is 0.242 e. The third-order valence-corrected chi connectivity index (χ3v) is 5.60. The summed E-state index contributed by atoms with van der Waals surface area (Å²) in [6, 6.07) is 4.86. The summed E-state index contributed by atoms with van der Waals surface area (Å²) in [7, 11) is -1.91. The van der Waals surface area contributed by atoms with Crippen LogP contribution < -0.4 is 14.4 Å². The highest BCUT2D eigenvalue weighted by molar-refractivity contribution is 9.10. The number of nitrogens with one attached hydrogen (secondary N) is 1. The van der Waals surface area contributed by atoms with Crippen LogP contribution in [0, 0.1) is 0 Å². The van der Waals surface area contributed by atoms with Crippen LogP contribution in [0.15, 0.2) is 18.2 Å². The zero-order valence-electron chi connectivity index (χ0n) is 10.9. The van der Waals surface area contributed by atoms with Crippen LogP contribution in [0.5, 0.6) is 5.75 Å². The molecule has 110 valence electrons. The number of carbonyl (C=O) groups is 1. The molecular weight excluding hydrogens is 348 g/mol. The number of halogens is 1. The highest BCUT2D eigenvalue weighted by atomic mass is 79.9. The van der Waals surface area contributed by atoms with Gasteiger partial charge in [-0.15, -0.1) is 0 Å². The van der Waals surface area contributed by atoms with Gasteiger partial charge >= 0.3 is 0 Å².